The highest BCUT2D eigenvalue weighted by Crippen LogP contribution is 2.10. The van der Waals surface area contributed by atoms with Gasteiger partial charge in [0.25, 0.3) is 11.8 Å². The monoisotopic (exact) mass is 370 g/mol. The van der Waals surface area contributed by atoms with Gasteiger partial charge in [-0.05, 0) is 37.2 Å². The number of hydrogen-bond acceptors (Lipinski definition) is 4. The zero-order valence-electron chi connectivity index (χ0n) is 15.3. The number of amides is 2. The van der Waals surface area contributed by atoms with E-state index in [0.717, 1.165) is 13.1 Å². The molecule has 1 N–H and O–H groups in total. The second-order valence-electron chi connectivity index (χ2n) is 6.62. The van der Waals surface area contributed by atoms with E-state index in [9.17, 15) is 14.0 Å². The summed E-state index contributed by atoms with van der Waals surface area (Å²) in [5.74, 6) is -0.755. The fourth-order valence-electron chi connectivity index (χ4n) is 2.98. The third kappa shape index (κ3) is 4.89. The summed E-state index contributed by atoms with van der Waals surface area (Å²) in [6, 6.07) is 9.61. The summed E-state index contributed by atoms with van der Waals surface area (Å²) in [5.41, 5.74) is 1.18. The lowest BCUT2D eigenvalue weighted by Gasteiger charge is -2.32. The molecular formula is C20H23FN4O2. The van der Waals surface area contributed by atoms with Crippen LogP contribution in [-0.4, -0.2) is 66.4 Å². The maximum atomic E-state index is 13.6. The van der Waals surface area contributed by atoms with Crippen LogP contribution < -0.4 is 5.32 Å². The van der Waals surface area contributed by atoms with Crippen LogP contribution in [0.3, 0.4) is 0 Å². The first-order valence-electron chi connectivity index (χ1n) is 9.00. The number of carbonyl (C=O) groups is 2. The normalized spacial score (nSPS) is 14.8. The molecule has 1 aromatic heterocycles. The molecule has 0 bridgehead atoms. The molecule has 1 aromatic carbocycles. The average Bonchev–Trinajstić information content (AvgIpc) is 2.69. The first kappa shape index (κ1) is 19.0. The van der Waals surface area contributed by atoms with E-state index >= 15 is 0 Å². The van der Waals surface area contributed by atoms with Gasteiger partial charge in [0.2, 0.25) is 0 Å². The van der Waals surface area contributed by atoms with Crippen molar-refractivity contribution in [3.05, 3.63) is 65.2 Å². The molecule has 0 radical (unpaired) electrons. The number of hydrogen-bond donors (Lipinski definition) is 1. The van der Waals surface area contributed by atoms with Crippen molar-refractivity contribution in [2.75, 3.05) is 39.8 Å². The third-order valence-electron chi connectivity index (χ3n) is 4.67. The summed E-state index contributed by atoms with van der Waals surface area (Å²) in [5, 5.41) is 2.73. The van der Waals surface area contributed by atoms with Crippen LogP contribution >= 0.6 is 0 Å². The highest BCUT2D eigenvalue weighted by atomic mass is 19.1. The summed E-state index contributed by atoms with van der Waals surface area (Å²) < 4.78 is 13.6. The maximum absolute atomic E-state index is 13.6. The van der Waals surface area contributed by atoms with E-state index in [4.69, 9.17) is 0 Å². The van der Waals surface area contributed by atoms with Gasteiger partial charge in [0.05, 0.1) is 0 Å². The number of carbonyl (C=O) groups excluding carboxylic acids is 2. The second kappa shape index (κ2) is 8.73. The summed E-state index contributed by atoms with van der Waals surface area (Å²) >= 11 is 0. The standard InChI is InChI=1S/C20H23FN4O2/c1-24-10-12-25(13-11-24)20(27)16-7-8-22-18(14-16)19(26)23-9-6-15-4-2-3-5-17(15)21/h2-5,7-8,14H,6,9-13H2,1H3,(H,23,26). The van der Waals surface area contributed by atoms with Crippen molar-refractivity contribution < 1.29 is 14.0 Å². The smallest absolute Gasteiger partial charge is 0.269 e. The van der Waals surface area contributed by atoms with Crippen LogP contribution in [0.4, 0.5) is 4.39 Å². The van der Waals surface area contributed by atoms with E-state index in [-0.39, 0.29) is 29.9 Å². The van der Waals surface area contributed by atoms with Crippen molar-refractivity contribution in [2.45, 2.75) is 6.42 Å². The number of piperazine rings is 1. The number of rotatable bonds is 5. The number of halogens is 1. The Labute approximate surface area is 158 Å². The molecular weight excluding hydrogens is 347 g/mol. The van der Waals surface area contributed by atoms with Crippen LogP contribution in [-0.2, 0) is 6.42 Å². The van der Waals surface area contributed by atoms with Gasteiger partial charge >= 0.3 is 0 Å². The number of benzene rings is 1. The molecule has 1 aliphatic heterocycles. The molecule has 7 heteroatoms. The molecule has 0 saturated carbocycles. The minimum absolute atomic E-state index is 0.0918. The number of likely N-dealkylation sites (N-methyl/N-ethyl adjacent to an activating group) is 1. The Kier molecular flexibility index (Phi) is 6.13. The van der Waals surface area contributed by atoms with Gasteiger partial charge in [-0.15, -0.1) is 0 Å². The van der Waals surface area contributed by atoms with Crippen LogP contribution in [0.15, 0.2) is 42.6 Å². The van der Waals surface area contributed by atoms with Gasteiger partial charge < -0.3 is 15.1 Å². The Balaban J connectivity index is 1.58. The minimum atomic E-state index is -0.376. The Morgan fingerprint density at radius 3 is 2.63 bits per heavy atom. The summed E-state index contributed by atoms with van der Waals surface area (Å²) in [7, 11) is 2.03. The van der Waals surface area contributed by atoms with Crippen LogP contribution in [0.5, 0.6) is 0 Å². The van der Waals surface area contributed by atoms with Gasteiger partial charge in [0.15, 0.2) is 0 Å². The molecule has 3 rings (SSSR count). The van der Waals surface area contributed by atoms with E-state index in [2.05, 4.69) is 15.2 Å². The Morgan fingerprint density at radius 2 is 1.89 bits per heavy atom. The van der Waals surface area contributed by atoms with Crippen LogP contribution in [0.25, 0.3) is 0 Å². The lowest BCUT2D eigenvalue weighted by molar-refractivity contribution is 0.0664. The Hall–Kier alpha value is -2.80. The predicted octanol–water partition coefficient (Wildman–Crippen LogP) is 1.58. The average molecular weight is 370 g/mol. The van der Waals surface area contributed by atoms with E-state index in [0.29, 0.717) is 30.6 Å². The first-order chi connectivity index (χ1) is 13.0. The summed E-state index contributed by atoms with van der Waals surface area (Å²) in [4.78, 5) is 33.0. The van der Waals surface area contributed by atoms with Gasteiger partial charge in [0, 0.05) is 44.5 Å². The molecule has 1 saturated heterocycles. The Morgan fingerprint density at radius 1 is 1.15 bits per heavy atom. The number of nitrogens with one attached hydrogen (secondary N) is 1. The lowest BCUT2D eigenvalue weighted by atomic mass is 10.1. The van der Waals surface area contributed by atoms with Gasteiger partial charge in [-0.1, -0.05) is 18.2 Å². The number of nitrogens with zero attached hydrogens (tertiary/aromatic N) is 3. The van der Waals surface area contributed by atoms with Crippen molar-refractivity contribution >= 4 is 11.8 Å². The lowest BCUT2D eigenvalue weighted by Crippen LogP contribution is -2.47. The topological polar surface area (TPSA) is 65.5 Å². The SMILES string of the molecule is CN1CCN(C(=O)c2ccnc(C(=O)NCCc3ccccc3F)c2)CC1. The summed E-state index contributed by atoms with van der Waals surface area (Å²) in [6.07, 6.45) is 1.85. The molecule has 2 aromatic rings. The second-order valence-corrected chi connectivity index (χ2v) is 6.62. The first-order valence-corrected chi connectivity index (χ1v) is 9.00. The van der Waals surface area contributed by atoms with Crippen LogP contribution in [0, 0.1) is 5.82 Å². The van der Waals surface area contributed by atoms with Crippen molar-refractivity contribution in [3.63, 3.8) is 0 Å². The van der Waals surface area contributed by atoms with Crippen molar-refractivity contribution in [3.8, 4) is 0 Å². The molecule has 1 fully saturated rings. The van der Waals surface area contributed by atoms with Gasteiger partial charge in [-0.3, -0.25) is 14.6 Å². The fraction of sp³-hybridized carbons (Fsp3) is 0.350. The van der Waals surface area contributed by atoms with Crippen LogP contribution in [0.1, 0.15) is 26.4 Å². The van der Waals surface area contributed by atoms with E-state index in [1.54, 1.807) is 29.2 Å². The van der Waals surface area contributed by atoms with Gasteiger partial charge in [-0.2, -0.15) is 0 Å². The number of aromatic nitrogens is 1. The zero-order valence-corrected chi connectivity index (χ0v) is 15.3. The zero-order chi connectivity index (χ0) is 19.2. The molecule has 1 aliphatic rings. The van der Waals surface area contributed by atoms with E-state index < -0.39 is 0 Å². The quantitative estimate of drug-likeness (QED) is 0.868. The molecule has 27 heavy (non-hydrogen) atoms. The summed E-state index contributed by atoms with van der Waals surface area (Å²) in [6.45, 7) is 3.29. The minimum Gasteiger partial charge on any atom is -0.350 e. The molecule has 0 unspecified atom stereocenters. The van der Waals surface area contributed by atoms with Crippen molar-refractivity contribution in [1.82, 2.24) is 20.1 Å². The predicted molar refractivity (Wildman–Crippen MR) is 100 cm³/mol. The van der Waals surface area contributed by atoms with E-state index in [1.165, 1.54) is 18.3 Å². The van der Waals surface area contributed by atoms with Crippen LogP contribution in [0.2, 0.25) is 0 Å². The molecule has 0 atom stereocenters. The molecule has 0 aliphatic carbocycles. The van der Waals surface area contributed by atoms with Gasteiger partial charge in [0.1, 0.15) is 11.5 Å². The van der Waals surface area contributed by atoms with Crippen molar-refractivity contribution in [2.24, 2.45) is 0 Å². The molecule has 0 spiro atoms. The molecule has 2 heterocycles. The molecule has 6 nitrogen and oxygen atoms in total. The number of pyridine rings is 1. The highest BCUT2D eigenvalue weighted by Gasteiger charge is 2.21. The van der Waals surface area contributed by atoms with E-state index in [1.807, 2.05) is 7.05 Å². The largest absolute Gasteiger partial charge is 0.350 e. The third-order valence-corrected chi connectivity index (χ3v) is 4.67. The molecule has 142 valence electrons. The fourth-order valence-corrected chi connectivity index (χ4v) is 2.98. The highest BCUT2D eigenvalue weighted by molar-refractivity contribution is 5.98. The van der Waals surface area contributed by atoms with Crippen molar-refractivity contribution in [1.29, 1.82) is 0 Å². The van der Waals surface area contributed by atoms with Gasteiger partial charge in [-0.25, -0.2) is 4.39 Å². The maximum Gasteiger partial charge on any atom is 0.269 e. The Bertz CT molecular complexity index is 819. The molecule has 2 amide bonds.